The van der Waals surface area contributed by atoms with Crippen LogP contribution in [0.5, 0.6) is 0 Å². The van der Waals surface area contributed by atoms with E-state index in [-0.39, 0.29) is 0 Å². The fourth-order valence-electron chi connectivity index (χ4n) is 1.49. The predicted octanol–water partition coefficient (Wildman–Crippen LogP) is 0.405. The number of hydrogen-bond acceptors (Lipinski definition) is 1. The highest BCUT2D eigenvalue weighted by molar-refractivity contribution is 5.79. The Bertz CT molecular complexity index is 174. The average Bonchev–Trinajstić information content (AvgIpc) is 2.09. The average molecular weight is 123 g/mol. The van der Waals surface area contributed by atoms with Crippen molar-refractivity contribution in [2.45, 2.75) is 6.42 Å². The Labute approximate surface area is 54.1 Å². The van der Waals surface area contributed by atoms with Crippen molar-refractivity contribution < 1.29 is 4.79 Å². The first-order valence-corrected chi connectivity index (χ1v) is 3.31. The van der Waals surface area contributed by atoms with Crippen LogP contribution in [0.1, 0.15) is 6.42 Å². The van der Waals surface area contributed by atoms with Crippen LogP contribution in [0.25, 0.3) is 0 Å². The fraction of sp³-hybridized carbons (Fsp3) is 0.571. The third-order valence-corrected chi connectivity index (χ3v) is 1.98. The van der Waals surface area contributed by atoms with Crippen molar-refractivity contribution >= 4 is 5.91 Å². The molecule has 0 aromatic carbocycles. The van der Waals surface area contributed by atoms with E-state index in [0.29, 0.717) is 11.8 Å². The minimum Gasteiger partial charge on any atom is -0.338 e. The molecule has 0 aliphatic carbocycles. The van der Waals surface area contributed by atoms with Gasteiger partial charge in [0.15, 0.2) is 0 Å². The second kappa shape index (κ2) is 1.59. The number of hydrogen-bond donors (Lipinski definition) is 0. The zero-order valence-electron chi connectivity index (χ0n) is 5.21. The van der Waals surface area contributed by atoms with Gasteiger partial charge < -0.3 is 4.90 Å². The van der Waals surface area contributed by atoms with Gasteiger partial charge in [0.25, 0.3) is 0 Å². The van der Waals surface area contributed by atoms with Crippen molar-refractivity contribution in [2.75, 3.05) is 13.1 Å². The zero-order valence-corrected chi connectivity index (χ0v) is 5.21. The van der Waals surface area contributed by atoms with Crippen LogP contribution in [0.3, 0.4) is 0 Å². The Kier molecular flexibility index (Phi) is 0.891. The van der Waals surface area contributed by atoms with Crippen molar-refractivity contribution in [2.24, 2.45) is 5.92 Å². The first-order valence-electron chi connectivity index (χ1n) is 3.31. The molecule has 0 aromatic rings. The molecule has 1 unspecified atom stereocenters. The van der Waals surface area contributed by atoms with Gasteiger partial charge in [0.2, 0.25) is 5.91 Å². The molecule has 0 N–H and O–H groups in total. The molecule has 0 aromatic heterocycles. The minimum atomic E-state index is 0.324. The molecule has 9 heavy (non-hydrogen) atoms. The topological polar surface area (TPSA) is 20.3 Å². The lowest BCUT2D eigenvalue weighted by atomic mass is 10.1. The first-order chi connectivity index (χ1) is 4.36. The third-order valence-electron chi connectivity index (χ3n) is 1.98. The van der Waals surface area contributed by atoms with Crippen LogP contribution in [-0.2, 0) is 4.79 Å². The summed E-state index contributed by atoms with van der Waals surface area (Å²) in [5, 5.41) is 0. The monoisotopic (exact) mass is 123 g/mol. The van der Waals surface area contributed by atoms with E-state index in [1.807, 2.05) is 4.90 Å². The Balaban J connectivity index is 2.26. The van der Waals surface area contributed by atoms with Crippen molar-refractivity contribution in [1.82, 2.24) is 4.90 Å². The number of fused-ring (bicyclic) bond motifs is 2. The molecule has 1 saturated heterocycles. The number of rotatable bonds is 0. The van der Waals surface area contributed by atoms with E-state index in [2.05, 4.69) is 12.2 Å². The zero-order chi connectivity index (χ0) is 6.27. The molecule has 1 amide bonds. The lowest BCUT2D eigenvalue weighted by Crippen LogP contribution is -2.26. The highest BCUT2D eigenvalue weighted by Crippen LogP contribution is 2.21. The second-order valence-corrected chi connectivity index (χ2v) is 2.69. The largest absolute Gasteiger partial charge is 0.338 e. The highest BCUT2D eigenvalue weighted by atomic mass is 16.2. The van der Waals surface area contributed by atoms with Crippen LogP contribution in [0.2, 0.25) is 0 Å². The summed E-state index contributed by atoms with van der Waals surface area (Å²) in [6, 6.07) is 0. The molecule has 2 bridgehead atoms. The molecule has 0 radical (unpaired) electrons. The van der Waals surface area contributed by atoms with Gasteiger partial charge in [0.05, 0.1) is 0 Å². The van der Waals surface area contributed by atoms with Crippen molar-refractivity contribution in [3.05, 3.63) is 12.2 Å². The number of carbonyl (C=O) groups is 1. The van der Waals surface area contributed by atoms with E-state index in [0.717, 1.165) is 19.5 Å². The molecule has 0 spiro atoms. The molecular formula is C7H9NO. The van der Waals surface area contributed by atoms with Gasteiger partial charge in [-0.3, -0.25) is 4.79 Å². The predicted molar refractivity (Wildman–Crippen MR) is 33.8 cm³/mol. The first kappa shape index (κ1) is 5.03. The van der Waals surface area contributed by atoms with Crippen molar-refractivity contribution in [1.29, 1.82) is 0 Å². The van der Waals surface area contributed by atoms with Crippen LogP contribution < -0.4 is 0 Å². The highest BCUT2D eigenvalue weighted by Gasteiger charge is 2.29. The van der Waals surface area contributed by atoms with E-state index in [9.17, 15) is 4.79 Å². The van der Waals surface area contributed by atoms with Gasteiger partial charge in [-0.05, 0) is 0 Å². The lowest BCUT2D eigenvalue weighted by Gasteiger charge is -2.16. The van der Waals surface area contributed by atoms with Crippen LogP contribution in [-0.4, -0.2) is 23.9 Å². The summed E-state index contributed by atoms with van der Waals surface area (Å²) in [7, 11) is 0. The quantitative estimate of drug-likeness (QED) is 0.427. The summed E-state index contributed by atoms with van der Waals surface area (Å²) in [5.74, 6) is 0.858. The van der Waals surface area contributed by atoms with E-state index < -0.39 is 0 Å². The maximum Gasteiger partial charge on any atom is 0.223 e. The summed E-state index contributed by atoms with van der Waals surface area (Å²) in [6.07, 6.45) is 4.98. The Hall–Kier alpha value is -0.790. The summed E-state index contributed by atoms with van der Waals surface area (Å²) < 4.78 is 0. The van der Waals surface area contributed by atoms with Gasteiger partial charge in [-0.2, -0.15) is 0 Å². The minimum absolute atomic E-state index is 0.324. The molecule has 2 rings (SSSR count). The Morgan fingerprint density at radius 1 is 1.67 bits per heavy atom. The van der Waals surface area contributed by atoms with Crippen molar-refractivity contribution in [3.63, 3.8) is 0 Å². The second-order valence-electron chi connectivity index (χ2n) is 2.69. The molecule has 2 heterocycles. The molecule has 1 atom stereocenters. The van der Waals surface area contributed by atoms with E-state index in [4.69, 9.17) is 0 Å². The van der Waals surface area contributed by atoms with E-state index in [1.54, 1.807) is 0 Å². The number of carbonyl (C=O) groups excluding carboxylic acids is 1. The van der Waals surface area contributed by atoms with Gasteiger partial charge in [0.1, 0.15) is 0 Å². The van der Waals surface area contributed by atoms with Gasteiger partial charge in [-0.25, -0.2) is 0 Å². The Morgan fingerprint density at radius 3 is 3.22 bits per heavy atom. The van der Waals surface area contributed by atoms with Crippen LogP contribution >= 0.6 is 0 Å². The molecular weight excluding hydrogens is 114 g/mol. The molecule has 0 saturated carbocycles. The lowest BCUT2D eigenvalue weighted by molar-refractivity contribution is -0.127. The van der Waals surface area contributed by atoms with Gasteiger partial charge >= 0.3 is 0 Å². The van der Waals surface area contributed by atoms with Crippen molar-refractivity contribution in [3.8, 4) is 0 Å². The SMILES string of the molecule is O=C1CC2C=CCN1C2. The summed E-state index contributed by atoms with van der Waals surface area (Å²) in [5.41, 5.74) is 0. The van der Waals surface area contributed by atoms with Crippen LogP contribution in [0.15, 0.2) is 12.2 Å². The number of amides is 1. The Morgan fingerprint density at radius 2 is 2.56 bits per heavy atom. The summed E-state index contributed by atoms with van der Waals surface area (Å²) >= 11 is 0. The summed E-state index contributed by atoms with van der Waals surface area (Å²) in [4.78, 5) is 12.8. The molecule has 2 heteroatoms. The molecule has 2 nitrogen and oxygen atoms in total. The van der Waals surface area contributed by atoms with Gasteiger partial charge in [-0.15, -0.1) is 0 Å². The van der Waals surface area contributed by atoms with Gasteiger partial charge in [-0.1, -0.05) is 12.2 Å². The summed E-state index contributed by atoms with van der Waals surface area (Å²) in [6.45, 7) is 1.81. The maximum atomic E-state index is 10.9. The number of nitrogens with zero attached hydrogens (tertiary/aromatic N) is 1. The van der Waals surface area contributed by atoms with Gasteiger partial charge in [0, 0.05) is 25.4 Å². The van der Waals surface area contributed by atoms with Crippen LogP contribution in [0, 0.1) is 5.92 Å². The molecule has 48 valence electrons. The van der Waals surface area contributed by atoms with E-state index >= 15 is 0 Å². The van der Waals surface area contributed by atoms with E-state index in [1.165, 1.54) is 0 Å². The van der Waals surface area contributed by atoms with Crippen LogP contribution in [0.4, 0.5) is 0 Å². The third kappa shape index (κ3) is 0.661. The molecule has 1 fully saturated rings. The fourth-order valence-corrected chi connectivity index (χ4v) is 1.49. The smallest absolute Gasteiger partial charge is 0.223 e. The normalized spacial score (nSPS) is 31.8. The molecule has 2 aliphatic rings. The maximum absolute atomic E-state index is 10.9. The molecule has 2 aliphatic heterocycles. The standard InChI is InChI=1S/C7H9NO/c9-7-4-6-2-1-3-8(7)5-6/h1-2,6H,3-5H2.